The summed E-state index contributed by atoms with van der Waals surface area (Å²) in [5, 5.41) is 0.227. The Balaban J connectivity index is 1.81. The monoisotopic (exact) mass is 393 g/mol. The van der Waals surface area contributed by atoms with E-state index in [1.165, 1.54) is 16.6 Å². The van der Waals surface area contributed by atoms with Crippen molar-refractivity contribution in [2.45, 2.75) is 56.6 Å². The summed E-state index contributed by atoms with van der Waals surface area (Å²) in [5.74, 6) is 0.479. The van der Waals surface area contributed by atoms with Crippen LogP contribution >= 0.6 is 0 Å². The average molecular weight is 393 g/mol. The van der Waals surface area contributed by atoms with Gasteiger partial charge in [0.05, 0.1) is 11.9 Å². The minimum absolute atomic E-state index is 0.219. The molecule has 0 unspecified atom stereocenters. The highest BCUT2D eigenvalue weighted by Crippen LogP contribution is 2.32. The zero-order valence-electron chi connectivity index (χ0n) is 15.4. The zero-order valence-corrected chi connectivity index (χ0v) is 16.2. The molecule has 1 fully saturated rings. The van der Waals surface area contributed by atoms with Crippen molar-refractivity contribution in [3.05, 3.63) is 41.6 Å². The average Bonchev–Trinajstić information content (AvgIpc) is 3.10. The maximum atomic E-state index is 13.8. The van der Waals surface area contributed by atoms with Crippen molar-refractivity contribution in [3.8, 4) is 0 Å². The lowest BCUT2D eigenvalue weighted by Crippen LogP contribution is -2.44. The highest BCUT2D eigenvalue weighted by atomic mass is 32.2. The molecule has 3 heterocycles. The molecule has 6 nitrogen and oxygen atoms in total. The van der Waals surface area contributed by atoms with Gasteiger partial charge in [0, 0.05) is 32.2 Å². The van der Waals surface area contributed by atoms with Crippen LogP contribution in [0.3, 0.4) is 0 Å². The molecular weight excluding hydrogens is 369 g/mol. The third-order valence-corrected chi connectivity index (χ3v) is 7.26. The molecule has 0 bridgehead atoms. The topological polar surface area (TPSA) is 64.4 Å². The van der Waals surface area contributed by atoms with Crippen LogP contribution in [0.5, 0.6) is 0 Å². The first-order valence-electron chi connectivity index (χ1n) is 9.41. The van der Waals surface area contributed by atoms with E-state index >= 15 is 0 Å². The predicted octanol–water partition coefficient (Wildman–Crippen LogP) is 3.04. The van der Waals surface area contributed by atoms with Crippen LogP contribution in [0.15, 0.2) is 29.4 Å². The number of aryl methyl sites for hydroxylation is 2. The maximum absolute atomic E-state index is 13.8. The molecule has 0 radical (unpaired) electrons. The lowest BCUT2D eigenvalue weighted by Gasteiger charge is -2.35. The highest BCUT2D eigenvalue weighted by molar-refractivity contribution is 7.92. The SMILES string of the molecule is Cc1cc(N(C2CCOCC2)S(=O)(=O)c2cnc3n2CCCC3)ccc1F. The Hall–Kier alpha value is -1.93. The summed E-state index contributed by atoms with van der Waals surface area (Å²) in [5.41, 5.74) is 0.919. The van der Waals surface area contributed by atoms with Crippen LogP contribution in [0.4, 0.5) is 10.1 Å². The van der Waals surface area contributed by atoms with Gasteiger partial charge in [-0.3, -0.25) is 4.31 Å². The van der Waals surface area contributed by atoms with E-state index in [0.29, 0.717) is 43.9 Å². The number of aromatic nitrogens is 2. The number of rotatable bonds is 4. The number of nitrogens with zero attached hydrogens (tertiary/aromatic N) is 3. The molecule has 0 N–H and O–H groups in total. The van der Waals surface area contributed by atoms with Crippen molar-refractivity contribution < 1.29 is 17.5 Å². The van der Waals surface area contributed by atoms with Crippen molar-refractivity contribution in [3.63, 3.8) is 0 Å². The van der Waals surface area contributed by atoms with E-state index in [1.54, 1.807) is 19.1 Å². The molecule has 8 heteroatoms. The lowest BCUT2D eigenvalue weighted by atomic mass is 10.1. The first-order chi connectivity index (χ1) is 13.0. The molecule has 2 aliphatic rings. The Bertz CT molecular complexity index is 936. The van der Waals surface area contributed by atoms with Gasteiger partial charge in [0.1, 0.15) is 11.6 Å². The van der Waals surface area contributed by atoms with Crippen LogP contribution in [0.1, 0.15) is 37.1 Å². The summed E-state index contributed by atoms with van der Waals surface area (Å²) >= 11 is 0. The minimum atomic E-state index is -3.83. The molecule has 0 spiro atoms. The molecule has 4 rings (SSSR count). The van der Waals surface area contributed by atoms with Gasteiger partial charge >= 0.3 is 0 Å². The summed E-state index contributed by atoms with van der Waals surface area (Å²) in [4.78, 5) is 4.35. The number of hydrogen-bond donors (Lipinski definition) is 0. The summed E-state index contributed by atoms with van der Waals surface area (Å²) < 4.78 is 49.9. The first-order valence-corrected chi connectivity index (χ1v) is 10.9. The Kier molecular flexibility index (Phi) is 4.94. The number of sulfonamides is 1. The summed E-state index contributed by atoms with van der Waals surface area (Å²) in [7, 11) is -3.83. The molecule has 0 saturated carbocycles. The van der Waals surface area contributed by atoms with Gasteiger partial charge in [0.25, 0.3) is 10.0 Å². The minimum Gasteiger partial charge on any atom is -0.381 e. The first kappa shape index (κ1) is 18.4. The number of anilines is 1. The molecule has 2 aliphatic heterocycles. The van der Waals surface area contributed by atoms with E-state index < -0.39 is 10.0 Å². The van der Waals surface area contributed by atoms with E-state index in [2.05, 4.69) is 4.98 Å². The molecule has 1 aromatic carbocycles. The van der Waals surface area contributed by atoms with Gasteiger partial charge in [-0.25, -0.2) is 9.37 Å². The number of benzene rings is 1. The molecule has 0 atom stereocenters. The van der Waals surface area contributed by atoms with Crippen molar-refractivity contribution in [2.75, 3.05) is 17.5 Å². The largest absolute Gasteiger partial charge is 0.381 e. The van der Waals surface area contributed by atoms with Crippen LogP contribution in [0.2, 0.25) is 0 Å². The van der Waals surface area contributed by atoms with Gasteiger partial charge in [-0.1, -0.05) is 0 Å². The van der Waals surface area contributed by atoms with Gasteiger partial charge in [0.2, 0.25) is 0 Å². The van der Waals surface area contributed by atoms with Crippen molar-refractivity contribution in [1.82, 2.24) is 9.55 Å². The van der Waals surface area contributed by atoms with Crippen LogP contribution in [-0.4, -0.2) is 37.2 Å². The summed E-state index contributed by atoms with van der Waals surface area (Å²) in [6, 6.07) is 4.26. The fourth-order valence-electron chi connectivity index (χ4n) is 3.93. The molecule has 1 aromatic heterocycles. The van der Waals surface area contributed by atoms with Crippen molar-refractivity contribution in [2.24, 2.45) is 0 Å². The van der Waals surface area contributed by atoms with E-state index in [0.717, 1.165) is 25.1 Å². The predicted molar refractivity (Wildman–Crippen MR) is 99.8 cm³/mol. The van der Waals surface area contributed by atoms with E-state index in [4.69, 9.17) is 4.74 Å². The van der Waals surface area contributed by atoms with E-state index in [1.807, 2.05) is 4.57 Å². The van der Waals surface area contributed by atoms with Gasteiger partial charge in [-0.2, -0.15) is 8.42 Å². The Morgan fingerprint density at radius 2 is 2.04 bits per heavy atom. The summed E-state index contributed by atoms with van der Waals surface area (Å²) in [6.45, 7) is 3.34. The quantitative estimate of drug-likeness (QED) is 0.801. The van der Waals surface area contributed by atoms with Crippen LogP contribution < -0.4 is 4.31 Å². The Labute approximate surface area is 159 Å². The summed E-state index contributed by atoms with van der Waals surface area (Å²) in [6.07, 6.45) is 5.45. The number of fused-ring (bicyclic) bond motifs is 1. The highest BCUT2D eigenvalue weighted by Gasteiger charge is 2.36. The van der Waals surface area contributed by atoms with Crippen molar-refractivity contribution in [1.29, 1.82) is 0 Å². The number of imidazole rings is 1. The Morgan fingerprint density at radius 3 is 2.78 bits per heavy atom. The van der Waals surface area contributed by atoms with Crippen LogP contribution in [0, 0.1) is 12.7 Å². The van der Waals surface area contributed by atoms with E-state index in [-0.39, 0.29) is 16.9 Å². The van der Waals surface area contributed by atoms with Crippen molar-refractivity contribution >= 4 is 15.7 Å². The number of hydrogen-bond acceptors (Lipinski definition) is 4. The fraction of sp³-hybridized carbons (Fsp3) is 0.526. The standard InChI is InChI=1S/C19H24FN3O3S/c1-14-12-16(5-6-17(14)20)23(15-7-10-26-11-8-15)27(24,25)19-13-21-18-4-2-3-9-22(18)19/h5-6,12-13,15H,2-4,7-11H2,1H3. The van der Waals surface area contributed by atoms with Gasteiger partial charge in [0.15, 0.2) is 5.03 Å². The second-order valence-corrected chi connectivity index (χ2v) is 8.96. The maximum Gasteiger partial charge on any atom is 0.281 e. The van der Waals surface area contributed by atoms with E-state index in [9.17, 15) is 12.8 Å². The smallest absolute Gasteiger partial charge is 0.281 e. The van der Waals surface area contributed by atoms with Gasteiger partial charge in [-0.05, 0) is 56.4 Å². The zero-order chi connectivity index (χ0) is 19.0. The third kappa shape index (κ3) is 3.36. The number of ether oxygens (including phenoxy) is 1. The molecule has 1 saturated heterocycles. The Morgan fingerprint density at radius 1 is 1.26 bits per heavy atom. The normalized spacial score (nSPS) is 18.3. The molecule has 0 aliphatic carbocycles. The molecule has 27 heavy (non-hydrogen) atoms. The molecular formula is C19H24FN3O3S. The molecule has 146 valence electrons. The second kappa shape index (κ2) is 7.24. The fourth-order valence-corrected chi connectivity index (χ4v) is 5.78. The van der Waals surface area contributed by atoms with Crippen LogP contribution in [0.25, 0.3) is 0 Å². The lowest BCUT2D eigenvalue weighted by molar-refractivity contribution is 0.0875. The van der Waals surface area contributed by atoms with Gasteiger partial charge in [-0.15, -0.1) is 0 Å². The third-order valence-electron chi connectivity index (χ3n) is 5.38. The van der Waals surface area contributed by atoms with Gasteiger partial charge < -0.3 is 9.30 Å². The van der Waals surface area contributed by atoms with Crippen LogP contribution in [-0.2, 0) is 27.7 Å². The molecule has 0 amide bonds. The molecule has 2 aromatic rings. The number of halogens is 1. The second-order valence-electron chi connectivity index (χ2n) is 7.20.